The Hall–Kier alpha value is -1.09. The minimum absolute atomic E-state index is 0. The van der Waals surface area contributed by atoms with Gasteiger partial charge in [-0.1, -0.05) is 36.4 Å². The van der Waals surface area contributed by atoms with E-state index in [0.717, 1.165) is 5.69 Å². The zero-order valence-corrected chi connectivity index (χ0v) is 8.18. The first-order chi connectivity index (χ1) is 7.36. The van der Waals surface area contributed by atoms with E-state index in [4.69, 9.17) is 0 Å². The molecule has 1 amide bonds. The molecule has 16 heavy (non-hydrogen) atoms. The maximum absolute atomic E-state index is 11.7. The van der Waals surface area contributed by atoms with Crippen LogP contribution in [0.3, 0.4) is 0 Å². The summed E-state index contributed by atoms with van der Waals surface area (Å²) in [6, 6.07) is 18.6. The number of hydrogen-bond donors (Lipinski definition) is 1. The Labute approximate surface area is 117 Å². The van der Waals surface area contributed by atoms with E-state index in [0.29, 0.717) is 5.56 Å². The average Bonchev–Trinajstić information content (AvgIpc) is 2.31. The van der Waals surface area contributed by atoms with E-state index >= 15 is 0 Å². The van der Waals surface area contributed by atoms with Crippen LogP contribution in [0.4, 0.5) is 5.69 Å². The third-order valence-corrected chi connectivity index (χ3v) is 2.07. The molecule has 0 atom stereocenters. The van der Waals surface area contributed by atoms with Gasteiger partial charge in [0.05, 0.1) is 0 Å². The van der Waals surface area contributed by atoms with Crippen molar-refractivity contribution >= 4 is 41.2 Å². The van der Waals surface area contributed by atoms with Crippen LogP contribution in [0, 0.1) is 0 Å². The first kappa shape index (κ1) is 13.0. The predicted octanol–water partition coefficient (Wildman–Crippen LogP) is 2.29. The first-order valence-electron chi connectivity index (χ1n) is 4.78. The van der Waals surface area contributed by atoms with E-state index in [2.05, 4.69) is 5.32 Å². The molecule has 3 heteroatoms. The summed E-state index contributed by atoms with van der Waals surface area (Å²) >= 11 is 0. The fourth-order valence-electron chi connectivity index (χ4n) is 1.31. The van der Waals surface area contributed by atoms with E-state index in [1.54, 1.807) is 12.1 Å². The number of carbonyl (C=O) groups excluding carboxylic acids is 1. The second-order valence-electron chi connectivity index (χ2n) is 3.19. The van der Waals surface area contributed by atoms with Gasteiger partial charge in [-0.15, -0.1) is 0 Å². The van der Waals surface area contributed by atoms with Gasteiger partial charge >= 0.3 is 29.6 Å². The molecule has 0 aromatic heterocycles. The average molecular weight is 221 g/mol. The molecule has 0 unspecified atom stereocenters. The Balaban J connectivity index is 0.00000128. The molecule has 0 saturated heterocycles. The van der Waals surface area contributed by atoms with Crippen LogP contribution in [0.15, 0.2) is 60.7 Å². The van der Waals surface area contributed by atoms with Crippen LogP contribution >= 0.6 is 0 Å². The summed E-state index contributed by atoms with van der Waals surface area (Å²) in [5, 5.41) is 2.82. The summed E-state index contributed by atoms with van der Waals surface area (Å²) in [6.45, 7) is 0. The van der Waals surface area contributed by atoms with E-state index < -0.39 is 0 Å². The van der Waals surface area contributed by atoms with Gasteiger partial charge in [0.1, 0.15) is 0 Å². The molecule has 0 fully saturated rings. The van der Waals surface area contributed by atoms with Gasteiger partial charge in [0.25, 0.3) is 5.91 Å². The predicted molar refractivity (Wildman–Crippen MR) is 68.0 cm³/mol. The number of benzene rings is 2. The number of amides is 1. The summed E-state index contributed by atoms with van der Waals surface area (Å²) in [6.07, 6.45) is 0. The Morgan fingerprint density at radius 2 is 1.31 bits per heavy atom. The summed E-state index contributed by atoms with van der Waals surface area (Å²) in [5.74, 6) is -0.0817. The third kappa shape index (κ3) is 3.49. The molecule has 0 radical (unpaired) electrons. The molecule has 0 aliphatic carbocycles. The van der Waals surface area contributed by atoms with E-state index in [-0.39, 0.29) is 35.5 Å². The standard InChI is InChI=1S/C13H11NO.Na.H/c15-13(11-7-3-1-4-8-11)14-12-9-5-2-6-10-12;;/h1-10H,(H,14,15);;. The fourth-order valence-corrected chi connectivity index (χ4v) is 1.31. The zero-order valence-electron chi connectivity index (χ0n) is 8.18. The second-order valence-corrected chi connectivity index (χ2v) is 3.19. The van der Waals surface area contributed by atoms with Crippen molar-refractivity contribution in [3.63, 3.8) is 0 Å². The van der Waals surface area contributed by atoms with Gasteiger partial charge in [0.2, 0.25) is 0 Å². The molecule has 76 valence electrons. The second kappa shape index (κ2) is 6.48. The number of anilines is 1. The van der Waals surface area contributed by atoms with Crippen molar-refractivity contribution in [1.29, 1.82) is 0 Å². The molecule has 2 aromatic rings. The van der Waals surface area contributed by atoms with Crippen LogP contribution < -0.4 is 5.32 Å². The van der Waals surface area contributed by atoms with Crippen molar-refractivity contribution in [1.82, 2.24) is 0 Å². The summed E-state index contributed by atoms with van der Waals surface area (Å²) in [4.78, 5) is 11.7. The topological polar surface area (TPSA) is 29.1 Å². The van der Waals surface area contributed by atoms with E-state index in [1.807, 2.05) is 48.5 Å². The van der Waals surface area contributed by atoms with Gasteiger partial charge in [-0.2, -0.15) is 0 Å². The Morgan fingerprint density at radius 3 is 1.88 bits per heavy atom. The van der Waals surface area contributed by atoms with Crippen LogP contribution in [-0.4, -0.2) is 35.5 Å². The number of hydrogen-bond acceptors (Lipinski definition) is 1. The van der Waals surface area contributed by atoms with Crippen LogP contribution in [0.25, 0.3) is 0 Å². The summed E-state index contributed by atoms with van der Waals surface area (Å²) in [7, 11) is 0. The van der Waals surface area contributed by atoms with Gasteiger partial charge in [0, 0.05) is 11.3 Å². The van der Waals surface area contributed by atoms with Gasteiger partial charge in [-0.25, -0.2) is 0 Å². The monoisotopic (exact) mass is 221 g/mol. The molecule has 0 spiro atoms. The van der Waals surface area contributed by atoms with Crippen molar-refractivity contribution < 1.29 is 4.79 Å². The SMILES string of the molecule is O=C(Nc1ccccc1)c1ccccc1.[NaH]. The molecule has 0 bridgehead atoms. The molecule has 0 aliphatic rings. The molecular formula is C13H12NNaO. The van der Waals surface area contributed by atoms with Crippen molar-refractivity contribution in [3.05, 3.63) is 66.2 Å². The fraction of sp³-hybridized carbons (Fsp3) is 0. The molecule has 2 rings (SSSR count). The normalized spacial score (nSPS) is 9.00. The van der Waals surface area contributed by atoms with Gasteiger partial charge in [0.15, 0.2) is 0 Å². The van der Waals surface area contributed by atoms with Crippen LogP contribution in [-0.2, 0) is 0 Å². The molecule has 1 N–H and O–H groups in total. The minimum atomic E-state index is -0.0817. The third-order valence-electron chi connectivity index (χ3n) is 2.07. The molecule has 2 aromatic carbocycles. The Kier molecular flexibility index (Phi) is 5.26. The molecule has 2 nitrogen and oxygen atoms in total. The number of nitrogens with one attached hydrogen (secondary N) is 1. The van der Waals surface area contributed by atoms with Crippen molar-refractivity contribution in [2.45, 2.75) is 0 Å². The van der Waals surface area contributed by atoms with Crippen LogP contribution in [0.5, 0.6) is 0 Å². The van der Waals surface area contributed by atoms with Gasteiger partial charge in [-0.3, -0.25) is 4.79 Å². The van der Waals surface area contributed by atoms with E-state index in [1.165, 1.54) is 0 Å². The molecular weight excluding hydrogens is 209 g/mol. The molecule has 0 aliphatic heterocycles. The van der Waals surface area contributed by atoms with Gasteiger partial charge < -0.3 is 5.32 Å². The summed E-state index contributed by atoms with van der Waals surface area (Å²) in [5.41, 5.74) is 1.48. The van der Waals surface area contributed by atoms with Crippen LogP contribution in [0.1, 0.15) is 10.4 Å². The Bertz CT molecular complexity index is 442. The molecule has 0 saturated carbocycles. The van der Waals surface area contributed by atoms with Crippen LogP contribution in [0.2, 0.25) is 0 Å². The quantitative estimate of drug-likeness (QED) is 0.774. The van der Waals surface area contributed by atoms with Crippen molar-refractivity contribution in [2.24, 2.45) is 0 Å². The van der Waals surface area contributed by atoms with Crippen molar-refractivity contribution in [2.75, 3.05) is 5.32 Å². The molecule has 0 heterocycles. The maximum atomic E-state index is 11.7. The number of rotatable bonds is 2. The van der Waals surface area contributed by atoms with Crippen molar-refractivity contribution in [3.8, 4) is 0 Å². The Morgan fingerprint density at radius 1 is 0.812 bits per heavy atom. The zero-order chi connectivity index (χ0) is 10.5. The number of carbonyl (C=O) groups is 1. The van der Waals surface area contributed by atoms with E-state index in [9.17, 15) is 4.79 Å². The first-order valence-corrected chi connectivity index (χ1v) is 4.78. The summed E-state index contributed by atoms with van der Waals surface area (Å²) < 4.78 is 0. The van der Waals surface area contributed by atoms with Gasteiger partial charge in [-0.05, 0) is 24.3 Å². The number of para-hydroxylation sites is 1.